The summed E-state index contributed by atoms with van der Waals surface area (Å²) in [5.74, 6) is 0.723. The van der Waals surface area contributed by atoms with Crippen LogP contribution in [-0.4, -0.2) is 45.9 Å². The number of benzene rings is 2. The van der Waals surface area contributed by atoms with E-state index in [1.54, 1.807) is 37.4 Å². The van der Waals surface area contributed by atoms with Crippen LogP contribution < -0.4 is 14.8 Å². The van der Waals surface area contributed by atoms with Gasteiger partial charge in [0, 0.05) is 25.1 Å². The third-order valence-electron chi connectivity index (χ3n) is 5.85. The highest BCUT2D eigenvalue weighted by molar-refractivity contribution is 7.89. The molecule has 2 aromatic rings. The molecule has 1 N–H and O–H groups in total. The van der Waals surface area contributed by atoms with Gasteiger partial charge in [0.25, 0.3) is 0 Å². The fourth-order valence-electron chi connectivity index (χ4n) is 3.78. The van der Waals surface area contributed by atoms with Crippen molar-refractivity contribution < 1.29 is 22.7 Å². The van der Waals surface area contributed by atoms with Crippen molar-refractivity contribution in [3.63, 3.8) is 0 Å². The predicted molar refractivity (Wildman–Crippen MR) is 125 cm³/mol. The molecule has 0 saturated carbocycles. The van der Waals surface area contributed by atoms with Gasteiger partial charge in [-0.15, -0.1) is 0 Å². The van der Waals surface area contributed by atoms with Gasteiger partial charge in [-0.25, -0.2) is 8.42 Å². The number of piperidine rings is 1. The average molecular weight is 461 g/mol. The van der Waals surface area contributed by atoms with E-state index in [4.69, 9.17) is 9.47 Å². The number of amides is 1. The van der Waals surface area contributed by atoms with Crippen molar-refractivity contribution in [2.75, 3.05) is 32.6 Å². The van der Waals surface area contributed by atoms with E-state index in [-0.39, 0.29) is 22.1 Å². The summed E-state index contributed by atoms with van der Waals surface area (Å²) in [6, 6.07) is 12.3. The molecule has 0 unspecified atom stereocenters. The number of carbonyl (C=O) groups is 1. The molecule has 0 spiro atoms. The molecule has 0 aliphatic carbocycles. The third-order valence-corrected chi connectivity index (χ3v) is 7.76. The molecule has 2 aromatic carbocycles. The molecular weight excluding hydrogens is 428 g/mol. The van der Waals surface area contributed by atoms with Crippen LogP contribution in [-0.2, 0) is 20.2 Å². The minimum Gasteiger partial charge on any atom is -0.497 e. The van der Waals surface area contributed by atoms with E-state index >= 15 is 0 Å². The predicted octanol–water partition coefficient (Wildman–Crippen LogP) is 4.04. The van der Waals surface area contributed by atoms with Gasteiger partial charge >= 0.3 is 0 Å². The second kappa shape index (κ2) is 9.50. The number of methoxy groups -OCH3 is 2. The van der Waals surface area contributed by atoms with Gasteiger partial charge < -0.3 is 14.8 Å². The molecule has 1 saturated heterocycles. The summed E-state index contributed by atoms with van der Waals surface area (Å²) in [4.78, 5) is 13.1. The monoisotopic (exact) mass is 460 g/mol. The minimum atomic E-state index is -3.59. The Morgan fingerprint density at radius 3 is 2.16 bits per heavy atom. The molecular formula is C24H32N2O5S. The molecule has 174 valence electrons. The van der Waals surface area contributed by atoms with E-state index in [1.807, 2.05) is 12.1 Å². The summed E-state index contributed by atoms with van der Waals surface area (Å²) in [5.41, 5.74) is 1.57. The summed E-state index contributed by atoms with van der Waals surface area (Å²) in [7, 11) is -0.495. The van der Waals surface area contributed by atoms with E-state index < -0.39 is 10.0 Å². The molecule has 0 aromatic heterocycles. The Labute approximate surface area is 190 Å². The fraction of sp³-hybridized carbons (Fsp3) is 0.458. The van der Waals surface area contributed by atoms with Gasteiger partial charge in [-0.05, 0) is 48.1 Å². The van der Waals surface area contributed by atoms with Gasteiger partial charge in [0.2, 0.25) is 15.9 Å². The van der Waals surface area contributed by atoms with Crippen LogP contribution in [0.3, 0.4) is 0 Å². The Balaban J connectivity index is 1.65. The molecule has 8 heteroatoms. The Morgan fingerprint density at radius 2 is 1.62 bits per heavy atom. The summed E-state index contributed by atoms with van der Waals surface area (Å²) in [5, 5.41) is 2.90. The Kier molecular flexibility index (Phi) is 7.15. The number of carbonyl (C=O) groups excluding carboxylic acids is 1. The number of rotatable bonds is 6. The van der Waals surface area contributed by atoms with Crippen LogP contribution in [0.2, 0.25) is 0 Å². The van der Waals surface area contributed by atoms with Crippen LogP contribution in [0, 0.1) is 5.92 Å². The molecule has 32 heavy (non-hydrogen) atoms. The van der Waals surface area contributed by atoms with E-state index in [0.29, 0.717) is 43.1 Å². The number of sulfonamides is 1. The lowest BCUT2D eigenvalue weighted by Gasteiger charge is -2.31. The van der Waals surface area contributed by atoms with Crippen molar-refractivity contribution >= 4 is 21.6 Å². The van der Waals surface area contributed by atoms with Crippen molar-refractivity contribution in [2.24, 2.45) is 5.92 Å². The first-order valence-corrected chi connectivity index (χ1v) is 12.1. The maximum Gasteiger partial charge on any atom is 0.243 e. The van der Waals surface area contributed by atoms with Crippen LogP contribution >= 0.6 is 0 Å². The maximum atomic E-state index is 13.1. The summed E-state index contributed by atoms with van der Waals surface area (Å²) >= 11 is 0. The lowest BCUT2D eigenvalue weighted by Crippen LogP contribution is -2.41. The number of ether oxygens (including phenoxy) is 2. The number of nitrogens with one attached hydrogen (secondary N) is 1. The van der Waals surface area contributed by atoms with Crippen LogP contribution in [0.4, 0.5) is 5.69 Å². The van der Waals surface area contributed by atoms with Crippen LogP contribution in [0.5, 0.6) is 11.5 Å². The van der Waals surface area contributed by atoms with Crippen molar-refractivity contribution in [3.05, 3.63) is 48.0 Å². The smallest absolute Gasteiger partial charge is 0.243 e. The van der Waals surface area contributed by atoms with Crippen LogP contribution in [0.25, 0.3) is 0 Å². The number of hydrogen-bond donors (Lipinski definition) is 1. The molecule has 1 heterocycles. The van der Waals surface area contributed by atoms with Gasteiger partial charge in [0.05, 0.1) is 24.8 Å². The average Bonchev–Trinajstić information content (AvgIpc) is 2.78. The van der Waals surface area contributed by atoms with Crippen LogP contribution in [0.1, 0.15) is 39.2 Å². The molecule has 0 radical (unpaired) electrons. The third kappa shape index (κ3) is 5.24. The number of nitrogens with zero attached hydrogens (tertiary/aromatic N) is 1. The Bertz CT molecular complexity index is 1050. The van der Waals surface area contributed by atoms with Crippen LogP contribution in [0.15, 0.2) is 47.4 Å². The summed E-state index contributed by atoms with van der Waals surface area (Å²) < 4.78 is 38.1. The van der Waals surface area contributed by atoms with E-state index in [2.05, 4.69) is 26.1 Å². The van der Waals surface area contributed by atoms with E-state index in [1.165, 1.54) is 11.4 Å². The molecule has 0 atom stereocenters. The van der Waals surface area contributed by atoms with Crippen molar-refractivity contribution in [1.82, 2.24) is 4.31 Å². The van der Waals surface area contributed by atoms with E-state index in [9.17, 15) is 13.2 Å². The highest BCUT2D eigenvalue weighted by Gasteiger charge is 2.32. The Hall–Kier alpha value is -2.58. The fourth-order valence-corrected chi connectivity index (χ4v) is 5.25. The Morgan fingerprint density at radius 1 is 1.00 bits per heavy atom. The maximum absolute atomic E-state index is 13.1. The van der Waals surface area contributed by atoms with Gasteiger partial charge in [-0.2, -0.15) is 4.31 Å². The van der Waals surface area contributed by atoms with Gasteiger partial charge in [0.1, 0.15) is 11.5 Å². The second-order valence-electron chi connectivity index (χ2n) is 9.01. The van der Waals surface area contributed by atoms with Gasteiger partial charge in [0.15, 0.2) is 0 Å². The van der Waals surface area contributed by atoms with Crippen molar-refractivity contribution in [3.8, 4) is 11.5 Å². The molecule has 1 fully saturated rings. The second-order valence-corrected chi connectivity index (χ2v) is 10.9. The van der Waals surface area contributed by atoms with E-state index in [0.717, 1.165) is 5.56 Å². The molecule has 0 bridgehead atoms. The first-order chi connectivity index (χ1) is 15.1. The van der Waals surface area contributed by atoms with Crippen molar-refractivity contribution in [2.45, 2.75) is 43.9 Å². The molecule has 1 aliphatic heterocycles. The van der Waals surface area contributed by atoms with Gasteiger partial charge in [-0.1, -0.05) is 32.9 Å². The molecule has 1 amide bonds. The minimum absolute atomic E-state index is 0.0422. The zero-order chi connectivity index (χ0) is 23.5. The SMILES string of the molecule is COc1ccc(OC)c(NC(=O)C2CCN(S(=O)(=O)c3ccc(C(C)(C)C)cc3)CC2)c1. The highest BCUT2D eigenvalue weighted by Crippen LogP contribution is 2.31. The lowest BCUT2D eigenvalue weighted by atomic mass is 9.87. The summed E-state index contributed by atoms with van der Waals surface area (Å²) in [6.07, 6.45) is 0.912. The highest BCUT2D eigenvalue weighted by atomic mass is 32.2. The number of hydrogen-bond acceptors (Lipinski definition) is 5. The largest absolute Gasteiger partial charge is 0.497 e. The zero-order valence-corrected chi connectivity index (χ0v) is 20.2. The zero-order valence-electron chi connectivity index (χ0n) is 19.3. The number of anilines is 1. The van der Waals surface area contributed by atoms with Gasteiger partial charge in [-0.3, -0.25) is 4.79 Å². The summed E-state index contributed by atoms with van der Waals surface area (Å²) in [6.45, 7) is 6.88. The first kappa shape index (κ1) is 24.1. The standard InChI is InChI=1S/C24H32N2O5S/c1-24(2,3)18-6-9-20(10-7-18)32(28,29)26-14-12-17(13-15-26)23(27)25-21-16-19(30-4)8-11-22(21)31-5/h6-11,16-17H,12-15H2,1-5H3,(H,25,27). The molecule has 1 aliphatic rings. The molecule has 7 nitrogen and oxygen atoms in total. The normalized spacial score (nSPS) is 15.9. The van der Waals surface area contributed by atoms with Crippen molar-refractivity contribution in [1.29, 1.82) is 0 Å². The quantitative estimate of drug-likeness (QED) is 0.703. The first-order valence-electron chi connectivity index (χ1n) is 10.7. The lowest BCUT2D eigenvalue weighted by molar-refractivity contribution is -0.120. The molecule has 3 rings (SSSR count). The topological polar surface area (TPSA) is 84.9 Å².